The van der Waals surface area contributed by atoms with Crippen molar-refractivity contribution in [2.24, 2.45) is 0 Å². The van der Waals surface area contributed by atoms with Crippen LogP contribution in [0.15, 0.2) is 64.5 Å². The highest BCUT2D eigenvalue weighted by Crippen LogP contribution is 2.18. The van der Waals surface area contributed by atoms with Crippen LogP contribution in [0.25, 0.3) is 11.4 Å². The van der Waals surface area contributed by atoms with E-state index in [1.54, 1.807) is 35.6 Å². The summed E-state index contributed by atoms with van der Waals surface area (Å²) in [7, 11) is 0. The summed E-state index contributed by atoms with van der Waals surface area (Å²) in [5.74, 6) is 0.854. The van der Waals surface area contributed by atoms with Crippen molar-refractivity contribution >= 4 is 17.3 Å². The molecule has 0 aliphatic carbocycles. The van der Waals surface area contributed by atoms with Gasteiger partial charge in [-0.3, -0.25) is 0 Å². The zero-order valence-electron chi connectivity index (χ0n) is 15.6. The molecule has 4 rings (SSSR count). The predicted octanol–water partition coefficient (Wildman–Crippen LogP) is 4.44. The standard InChI is InChI=1S/C21H17N3O4S/c1-14-22-17(13-29-14)11-26-18-9-7-16(8-10-18)21(25)27-12-19-23-20(24-28-19)15-5-3-2-4-6-15/h2-10,13H,11-12H2,1H3. The molecule has 2 heterocycles. The van der Waals surface area contributed by atoms with E-state index in [0.717, 1.165) is 16.3 Å². The lowest BCUT2D eigenvalue weighted by Crippen LogP contribution is -2.05. The maximum Gasteiger partial charge on any atom is 0.338 e. The maximum atomic E-state index is 12.2. The van der Waals surface area contributed by atoms with Gasteiger partial charge in [-0.2, -0.15) is 4.98 Å². The van der Waals surface area contributed by atoms with E-state index in [-0.39, 0.29) is 12.5 Å². The molecule has 0 aliphatic rings. The van der Waals surface area contributed by atoms with Crippen LogP contribution in [0.4, 0.5) is 0 Å². The molecule has 146 valence electrons. The van der Waals surface area contributed by atoms with Gasteiger partial charge in [0.25, 0.3) is 5.89 Å². The van der Waals surface area contributed by atoms with Crippen LogP contribution >= 0.6 is 11.3 Å². The fourth-order valence-corrected chi connectivity index (χ4v) is 3.14. The summed E-state index contributed by atoms with van der Waals surface area (Å²) in [6.45, 7) is 2.24. The van der Waals surface area contributed by atoms with Gasteiger partial charge in [-0.25, -0.2) is 9.78 Å². The van der Waals surface area contributed by atoms with Crippen LogP contribution < -0.4 is 4.74 Å². The van der Waals surface area contributed by atoms with Gasteiger partial charge in [-0.1, -0.05) is 35.5 Å². The number of aryl methyl sites for hydroxylation is 1. The van der Waals surface area contributed by atoms with Crippen molar-refractivity contribution in [1.82, 2.24) is 15.1 Å². The van der Waals surface area contributed by atoms with Gasteiger partial charge in [0.2, 0.25) is 5.82 Å². The number of rotatable bonds is 7. The minimum atomic E-state index is -0.480. The summed E-state index contributed by atoms with van der Waals surface area (Å²) in [5, 5.41) is 6.86. The largest absolute Gasteiger partial charge is 0.487 e. The highest BCUT2D eigenvalue weighted by atomic mass is 32.1. The number of benzene rings is 2. The fraction of sp³-hybridized carbons (Fsp3) is 0.143. The number of thiazole rings is 1. The topological polar surface area (TPSA) is 87.3 Å². The van der Waals surface area contributed by atoms with Gasteiger partial charge in [0.1, 0.15) is 12.4 Å². The van der Waals surface area contributed by atoms with Crippen molar-refractivity contribution in [3.8, 4) is 17.1 Å². The lowest BCUT2D eigenvalue weighted by molar-refractivity contribution is 0.0430. The second-order valence-corrected chi connectivity index (χ2v) is 7.19. The molecule has 8 heteroatoms. The third-order valence-electron chi connectivity index (χ3n) is 3.97. The van der Waals surface area contributed by atoms with Crippen molar-refractivity contribution in [1.29, 1.82) is 0 Å². The van der Waals surface area contributed by atoms with Crippen LogP contribution in [-0.4, -0.2) is 21.1 Å². The Balaban J connectivity index is 1.30. The Morgan fingerprint density at radius 1 is 1.03 bits per heavy atom. The number of aromatic nitrogens is 3. The molecule has 0 N–H and O–H groups in total. The number of hydrogen-bond donors (Lipinski definition) is 0. The summed E-state index contributed by atoms with van der Waals surface area (Å²) in [6.07, 6.45) is 0. The molecule has 0 saturated carbocycles. The molecule has 2 aromatic heterocycles. The summed E-state index contributed by atoms with van der Waals surface area (Å²) in [4.78, 5) is 20.8. The predicted molar refractivity (Wildman–Crippen MR) is 106 cm³/mol. The monoisotopic (exact) mass is 407 g/mol. The Kier molecular flexibility index (Phi) is 5.62. The molecule has 0 spiro atoms. The van der Waals surface area contributed by atoms with E-state index in [1.165, 1.54) is 0 Å². The highest BCUT2D eigenvalue weighted by Gasteiger charge is 2.12. The average molecular weight is 407 g/mol. The van der Waals surface area contributed by atoms with Crippen LogP contribution in [0.3, 0.4) is 0 Å². The average Bonchev–Trinajstić information content (AvgIpc) is 3.40. The molecule has 0 amide bonds. The molecular weight excluding hydrogens is 390 g/mol. The molecular formula is C21H17N3O4S. The molecule has 29 heavy (non-hydrogen) atoms. The van der Waals surface area contributed by atoms with Gasteiger partial charge in [0, 0.05) is 10.9 Å². The van der Waals surface area contributed by atoms with Crippen LogP contribution in [0.2, 0.25) is 0 Å². The molecule has 0 atom stereocenters. The first kappa shape index (κ1) is 18.8. The van der Waals surface area contributed by atoms with E-state index in [9.17, 15) is 4.79 Å². The highest BCUT2D eigenvalue weighted by molar-refractivity contribution is 7.09. The molecule has 0 saturated heterocycles. The maximum absolute atomic E-state index is 12.2. The number of nitrogens with zero attached hydrogens (tertiary/aromatic N) is 3. The minimum Gasteiger partial charge on any atom is -0.487 e. The summed E-state index contributed by atoms with van der Waals surface area (Å²) < 4.78 is 16.1. The van der Waals surface area contributed by atoms with Crippen molar-refractivity contribution in [2.45, 2.75) is 20.1 Å². The number of carbonyl (C=O) groups is 1. The molecule has 7 nitrogen and oxygen atoms in total. The molecule has 2 aromatic carbocycles. The van der Waals surface area contributed by atoms with Crippen molar-refractivity contribution < 1.29 is 18.8 Å². The third kappa shape index (κ3) is 4.85. The Morgan fingerprint density at radius 3 is 2.55 bits per heavy atom. The summed E-state index contributed by atoms with van der Waals surface area (Å²) in [6, 6.07) is 16.2. The van der Waals surface area contributed by atoms with Gasteiger partial charge in [-0.15, -0.1) is 11.3 Å². The smallest absolute Gasteiger partial charge is 0.338 e. The molecule has 0 aliphatic heterocycles. The van der Waals surface area contributed by atoms with E-state index in [2.05, 4.69) is 15.1 Å². The van der Waals surface area contributed by atoms with Crippen LogP contribution in [-0.2, 0) is 18.0 Å². The van der Waals surface area contributed by atoms with E-state index in [1.807, 2.05) is 42.6 Å². The normalized spacial score (nSPS) is 10.7. The molecule has 0 radical (unpaired) electrons. The number of ether oxygens (including phenoxy) is 2. The quantitative estimate of drug-likeness (QED) is 0.419. The first-order chi connectivity index (χ1) is 14.2. The summed E-state index contributed by atoms with van der Waals surface area (Å²) in [5.41, 5.74) is 2.12. The third-order valence-corrected chi connectivity index (χ3v) is 4.79. The zero-order valence-corrected chi connectivity index (χ0v) is 16.4. The molecule has 0 fully saturated rings. The first-order valence-electron chi connectivity index (χ1n) is 8.86. The van der Waals surface area contributed by atoms with Crippen molar-refractivity contribution in [3.63, 3.8) is 0 Å². The first-order valence-corrected chi connectivity index (χ1v) is 9.74. The lowest BCUT2D eigenvalue weighted by atomic mass is 10.2. The molecule has 4 aromatic rings. The number of carbonyl (C=O) groups excluding carboxylic acids is 1. The van der Waals surface area contributed by atoms with E-state index >= 15 is 0 Å². The van der Waals surface area contributed by atoms with Crippen molar-refractivity contribution in [3.05, 3.63) is 82.1 Å². The Hall–Kier alpha value is -3.52. The zero-order chi connectivity index (χ0) is 20.1. The molecule has 0 bridgehead atoms. The number of esters is 1. The van der Waals surface area contributed by atoms with Crippen LogP contribution in [0.1, 0.15) is 27.0 Å². The number of hydrogen-bond acceptors (Lipinski definition) is 8. The Morgan fingerprint density at radius 2 is 1.83 bits per heavy atom. The van der Waals surface area contributed by atoms with Crippen LogP contribution in [0, 0.1) is 6.92 Å². The molecule has 0 unspecified atom stereocenters. The van der Waals surface area contributed by atoms with Crippen molar-refractivity contribution in [2.75, 3.05) is 0 Å². The van der Waals surface area contributed by atoms with Gasteiger partial charge >= 0.3 is 5.97 Å². The second-order valence-electron chi connectivity index (χ2n) is 6.12. The Bertz CT molecular complexity index is 1090. The van der Waals surface area contributed by atoms with Gasteiger partial charge in [0.15, 0.2) is 6.61 Å². The van der Waals surface area contributed by atoms with Gasteiger partial charge in [-0.05, 0) is 31.2 Å². The SMILES string of the molecule is Cc1nc(COc2ccc(C(=O)OCc3nc(-c4ccccc4)no3)cc2)cs1. The van der Waals surface area contributed by atoms with E-state index in [4.69, 9.17) is 14.0 Å². The fourth-order valence-electron chi connectivity index (χ4n) is 2.55. The lowest BCUT2D eigenvalue weighted by Gasteiger charge is -2.06. The van der Waals surface area contributed by atoms with Gasteiger partial charge in [0.05, 0.1) is 16.3 Å². The minimum absolute atomic E-state index is 0.0971. The van der Waals surface area contributed by atoms with E-state index < -0.39 is 5.97 Å². The van der Waals surface area contributed by atoms with Crippen LogP contribution in [0.5, 0.6) is 5.75 Å². The summed E-state index contributed by atoms with van der Waals surface area (Å²) >= 11 is 1.58. The second kappa shape index (κ2) is 8.66. The Labute approximate surface area is 170 Å². The van der Waals surface area contributed by atoms with E-state index in [0.29, 0.717) is 23.7 Å². The van der Waals surface area contributed by atoms with Gasteiger partial charge < -0.3 is 14.0 Å².